The first-order valence-electron chi connectivity index (χ1n) is 10.6. The van der Waals surface area contributed by atoms with Gasteiger partial charge in [-0.1, -0.05) is 84.9 Å². The molecule has 158 valence electrons. The smallest absolute Gasteiger partial charge is 0.247 e. The van der Waals surface area contributed by atoms with Crippen molar-refractivity contribution < 1.29 is 9.59 Å². The van der Waals surface area contributed by atoms with Crippen LogP contribution >= 0.6 is 0 Å². The predicted octanol–water partition coefficient (Wildman–Crippen LogP) is 3.44. The minimum Gasteiger partial charge on any atom is -0.347 e. The minimum absolute atomic E-state index is 0.170. The molecule has 3 atom stereocenters. The van der Waals surface area contributed by atoms with Crippen LogP contribution in [0.2, 0.25) is 0 Å². The number of nitrogens with one attached hydrogen (secondary N) is 3. The molecule has 0 fully saturated rings. The summed E-state index contributed by atoms with van der Waals surface area (Å²) >= 11 is 0. The number of carbonyl (C=O) groups excluding carboxylic acids is 2. The lowest BCUT2D eigenvalue weighted by Gasteiger charge is -2.28. The third-order valence-corrected chi connectivity index (χ3v) is 5.74. The van der Waals surface area contributed by atoms with Crippen molar-refractivity contribution in [1.82, 2.24) is 16.0 Å². The van der Waals surface area contributed by atoms with Gasteiger partial charge in [0.15, 0.2) is 0 Å². The lowest BCUT2D eigenvalue weighted by Crippen LogP contribution is -2.51. The molecule has 0 bridgehead atoms. The zero-order valence-electron chi connectivity index (χ0n) is 17.5. The van der Waals surface area contributed by atoms with Crippen LogP contribution in [0.4, 0.5) is 0 Å². The molecular weight excluding hydrogens is 386 g/mol. The molecule has 5 nitrogen and oxygen atoms in total. The molecule has 3 N–H and O–H groups in total. The van der Waals surface area contributed by atoms with Crippen LogP contribution in [0, 0.1) is 0 Å². The fraction of sp³-hybridized carbons (Fsp3) is 0.231. The van der Waals surface area contributed by atoms with Crippen molar-refractivity contribution in [3.63, 3.8) is 0 Å². The van der Waals surface area contributed by atoms with E-state index in [-0.39, 0.29) is 23.9 Å². The second-order valence-electron chi connectivity index (χ2n) is 7.90. The summed E-state index contributed by atoms with van der Waals surface area (Å²) in [7, 11) is 0. The van der Waals surface area contributed by atoms with E-state index in [1.807, 2.05) is 79.7 Å². The fourth-order valence-electron chi connectivity index (χ4n) is 3.95. The van der Waals surface area contributed by atoms with Crippen molar-refractivity contribution in [3.05, 3.63) is 107 Å². The summed E-state index contributed by atoms with van der Waals surface area (Å²) in [4.78, 5) is 26.3. The molecule has 3 aromatic carbocycles. The number of benzene rings is 3. The molecule has 3 aromatic rings. The second-order valence-corrected chi connectivity index (χ2v) is 7.90. The molecule has 5 heteroatoms. The van der Waals surface area contributed by atoms with E-state index in [1.165, 1.54) is 11.1 Å². The van der Waals surface area contributed by atoms with Gasteiger partial charge in [-0.25, -0.2) is 0 Å². The largest absolute Gasteiger partial charge is 0.347 e. The Labute approximate surface area is 182 Å². The highest BCUT2D eigenvalue weighted by molar-refractivity contribution is 5.91. The third kappa shape index (κ3) is 5.01. The van der Waals surface area contributed by atoms with Crippen LogP contribution in [0.1, 0.15) is 41.3 Å². The first-order valence-corrected chi connectivity index (χ1v) is 10.6. The number of carbonyl (C=O) groups is 2. The molecule has 31 heavy (non-hydrogen) atoms. The standard InChI is InChI=1S/C26H27N3O2/c1-18(19-10-4-2-5-11-19)28-26(31)24(20-12-6-3-7-13-20)29-25(30)23-16-21-14-8-9-15-22(21)17-27-23/h2-15,18,23-24,27H,16-17H2,1H3,(H,28,31)(H,29,30)/t18-,23-,24+/m0/s1. The van der Waals surface area contributed by atoms with Gasteiger partial charge in [-0.3, -0.25) is 9.59 Å². The van der Waals surface area contributed by atoms with Crippen molar-refractivity contribution in [2.45, 2.75) is 38.0 Å². The van der Waals surface area contributed by atoms with Gasteiger partial charge in [0.2, 0.25) is 11.8 Å². The van der Waals surface area contributed by atoms with E-state index in [9.17, 15) is 9.59 Å². The molecular formula is C26H27N3O2. The molecule has 1 aliphatic heterocycles. The van der Waals surface area contributed by atoms with Gasteiger partial charge >= 0.3 is 0 Å². The molecule has 4 rings (SSSR count). The van der Waals surface area contributed by atoms with Crippen molar-refractivity contribution in [1.29, 1.82) is 0 Å². The van der Waals surface area contributed by atoms with E-state index in [0.29, 0.717) is 13.0 Å². The summed E-state index contributed by atoms with van der Waals surface area (Å²) in [6, 6.07) is 26.0. The van der Waals surface area contributed by atoms with E-state index in [1.54, 1.807) is 0 Å². The maximum absolute atomic E-state index is 13.2. The number of rotatable bonds is 6. The maximum atomic E-state index is 13.2. The van der Waals surface area contributed by atoms with Crippen LogP contribution in [0.25, 0.3) is 0 Å². The first kappa shape index (κ1) is 20.8. The van der Waals surface area contributed by atoms with E-state index >= 15 is 0 Å². The minimum atomic E-state index is -0.765. The van der Waals surface area contributed by atoms with Crippen LogP contribution in [0.15, 0.2) is 84.9 Å². The molecule has 0 radical (unpaired) electrons. The van der Waals surface area contributed by atoms with E-state index in [2.05, 4.69) is 28.1 Å². The van der Waals surface area contributed by atoms with Crippen LogP contribution in [-0.4, -0.2) is 17.9 Å². The van der Waals surface area contributed by atoms with Gasteiger partial charge in [0.05, 0.1) is 12.1 Å². The van der Waals surface area contributed by atoms with Crippen molar-refractivity contribution in [3.8, 4) is 0 Å². The van der Waals surface area contributed by atoms with Gasteiger partial charge < -0.3 is 16.0 Å². The Bertz CT molecular complexity index is 1040. The number of hydrogen-bond acceptors (Lipinski definition) is 3. The Balaban J connectivity index is 1.49. The molecule has 0 saturated carbocycles. The monoisotopic (exact) mass is 413 g/mol. The SMILES string of the molecule is C[C@H](NC(=O)[C@H](NC(=O)[C@@H]1Cc2ccccc2CN1)c1ccccc1)c1ccccc1. The summed E-state index contributed by atoms with van der Waals surface area (Å²) in [5, 5.41) is 9.32. The molecule has 1 heterocycles. The summed E-state index contributed by atoms with van der Waals surface area (Å²) in [5.74, 6) is -0.405. The quantitative estimate of drug-likeness (QED) is 0.580. The van der Waals surface area contributed by atoms with Gasteiger partial charge in [0.25, 0.3) is 0 Å². The summed E-state index contributed by atoms with van der Waals surface area (Å²) in [6.45, 7) is 2.58. The Morgan fingerprint density at radius 3 is 2.06 bits per heavy atom. The molecule has 0 spiro atoms. The summed E-state index contributed by atoms with van der Waals surface area (Å²) in [5.41, 5.74) is 4.14. The van der Waals surface area contributed by atoms with Gasteiger partial charge in [0.1, 0.15) is 6.04 Å². The van der Waals surface area contributed by atoms with Crippen molar-refractivity contribution >= 4 is 11.8 Å². The topological polar surface area (TPSA) is 70.2 Å². The van der Waals surface area contributed by atoms with Crippen LogP contribution < -0.4 is 16.0 Å². The fourth-order valence-corrected chi connectivity index (χ4v) is 3.95. The van der Waals surface area contributed by atoms with Crippen LogP contribution in [0.3, 0.4) is 0 Å². The van der Waals surface area contributed by atoms with Gasteiger partial charge in [-0.05, 0) is 35.6 Å². The van der Waals surface area contributed by atoms with Gasteiger partial charge in [-0.15, -0.1) is 0 Å². The first-order chi connectivity index (χ1) is 15.1. The second kappa shape index (κ2) is 9.58. The Kier molecular flexibility index (Phi) is 6.43. The molecule has 0 aliphatic carbocycles. The van der Waals surface area contributed by atoms with Crippen molar-refractivity contribution in [2.75, 3.05) is 0 Å². The van der Waals surface area contributed by atoms with Crippen molar-refractivity contribution in [2.24, 2.45) is 0 Å². The predicted molar refractivity (Wildman–Crippen MR) is 121 cm³/mol. The summed E-state index contributed by atoms with van der Waals surface area (Å²) < 4.78 is 0. The molecule has 0 aromatic heterocycles. The number of amides is 2. The highest BCUT2D eigenvalue weighted by Crippen LogP contribution is 2.20. The molecule has 0 unspecified atom stereocenters. The average molecular weight is 414 g/mol. The van der Waals surface area contributed by atoms with E-state index in [0.717, 1.165) is 11.1 Å². The highest BCUT2D eigenvalue weighted by Gasteiger charge is 2.29. The molecule has 0 saturated heterocycles. The van der Waals surface area contributed by atoms with E-state index < -0.39 is 6.04 Å². The van der Waals surface area contributed by atoms with E-state index in [4.69, 9.17) is 0 Å². The van der Waals surface area contributed by atoms with Gasteiger partial charge in [0, 0.05) is 6.54 Å². The summed E-state index contributed by atoms with van der Waals surface area (Å²) in [6.07, 6.45) is 0.603. The number of fused-ring (bicyclic) bond motifs is 1. The zero-order chi connectivity index (χ0) is 21.6. The lowest BCUT2D eigenvalue weighted by molar-refractivity contribution is -0.130. The Morgan fingerprint density at radius 2 is 1.39 bits per heavy atom. The molecule has 2 amide bonds. The Morgan fingerprint density at radius 1 is 0.806 bits per heavy atom. The Hall–Kier alpha value is -3.44. The average Bonchev–Trinajstić information content (AvgIpc) is 2.83. The normalized spacial score (nSPS) is 17.1. The maximum Gasteiger partial charge on any atom is 0.247 e. The van der Waals surface area contributed by atoms with Crippen LogP contribution in [0.5, 0.6) is 0 Å². The van der Waals surface area contributed by atoms with Gasteiger partial charge in [-0.2, -0.15) is 0 Å². The highest BCUT2D eigenvalue weighted by atomic mass is 16.2. The van der Waals surface area contributed by atoms with Crippen LogP contribution in [-0.2, 0) is 22.6 Å². The zero-order valence-corrected chi connectivity index (χ0v) is 17.5. The lowest BCUT2D eigenvalue weighted by atomic mass is 9.95. The number of hydrogen-bond donors (Lipinski definition) is 3. The molecule has 1 aliphatic rings. The third-order valence-electron chi connectivity index (χ3n) is 5.74.